The molecule has 1 unspecified atom stereocenters. The summed E-state index contributed by atoms with van der Waals surface area (Å²) in [6, 6.07) is 5.71. The zero-order valence-corrected chi connectivity index (χ0v) is 9.82. The molecule has 90 valence electrons. The Morgan fingerprint density at radius 3 is 2.94 bits per heavy atom. The van der Waals surface area contributed by atoms with Crippen LogP contribution in [0.1, 0.15) is 40.9 Å². The molecule has 1 atom stereocenters. The van der Waals surface area contributed by atoms with Crippen LogP contribution in [0.4, 0.5) is 0 Å². The van der Waals surface area contributed by atoms with Crippen LogP contribution in [-0.2, 0) is 11.2 Å². The van der Waals surface area contributed by atoms with Crippen LogP contribution in [0.2, 0.25) is 0 Å². The fourth-order valence-electron chi connectivity index (χ4n) is 2.13. The molecule has 0 saturated heterocycles. The third kappa shape index (κ3) is 2.53. The predicted octanol–water partition coefficient (Wildman–Crippen LogP) is 0.951. The summed E-state index contributed by atoms with van der Waals surface area (Å²) < 4.78 is 0. The second-order valence-corrected chi connectivity index (χ2v) is 4.39. The van der Waals surface area contributed by atoms with Crippen molar-refractivity contribution in [2.75, 3.05) is 6.54 Å². The Labute approximate surface area is 100 Å². The van der Waals surface area contributed by atoms with Gasteiger partial charge in [-0.1, -0.05) is 12.1 Å². The Balaban J connectivity index is 2.12. The van der Waals surface area contributed by atoms with Crippen molar-refractivity contribution in [2.45, 2.75) is 25.8 Å². The quantitative estimate of drug-likeness (QED) is 0.762. The molecule has 2 rings (SSSR count). The highest BCUT2D eigenvalue weighted by Gasteiger charge is 2.20. The number of carbonyl (C=O) groups excluding carboxylic acids is 2. The van der Waals surface area contributed by atoms with E-state index in [0.29, 0.717) is 5.56 Å². The minimum absolute atomic E-state index is 0.0557. The minimum atomic E-state index is -0.193. The van der Waals surface area contributed by atoms with Gasteiger partial charge in [0.2, 0.25) is 5.91 Å². The molecule has 0 bridgehead atoms. The Morgan fingerprint density at radius 2 is 2.24 bits per heavy atom. The van der Waals surface area contributed by atoms with Gasteiger partial charge in [0.1, 0.15) is 0 Å². The number of rotatable bonds is 3. The van der Waals surface area contributed by atoms with E-state index >= 15 is 0 Å². The summed E-state index contributed by atoms with van der Waals surface area (Å²) in [4.78, 5) is 22.5. The number of benzene rings is 1. The number of carbonyl (C=O) groups is 2. The molecule has 0 spiro atoms. The number of amides is 1. The molecule has 4 heteroatoms. The van der Waals surface area contributed by atoms with E-state index in [9.17, 15) is 9.59 Å². The summed E-state index contributed by atoms with van der Waals surface area (Å²) in [5, 5.41) is 2.51. The lowest BCUT2D eigenvalue weighted by atomic mass is 10.0. The van der Waals surface area contributed by atoms with Crippen molar-refractivity contribution in [3.63, 3.8) is 0 Å². The number of hydrogen-bond acceptors (Lipinski definition) is 3. The van der Waals surface area contributed by atoms with E-state index in [4.69, 9.17) is 5.73 Å². The van der Waals surface area contributed by atoms with Crippen molar-refractivity contribution in [3.8, 4) is 0 Å². The highest BCUT2D eigenvalue weighted by atomic mass is 16.2. The van der Waals surface area contributed by atoms with Gasteiger partial charge in [0.15, 0.2) is 5.78 Å². The molecule has 0 saturated carbocycles. The van der Waals surface area contributed by atoms with Crippen molar-refractivity contribution in [2.24, 2.45) is 5.73 Å². The first-order valence-electron chi connectivity index (χ1n) is 5.74. The first-order chi connectivity index (χ1) is 8.08. The van der Waals surface area contributed by atoms with Crippen LogP contribution in [0.15, 0.2) is 18.2 Å². The molecule has 0 aliphatic heterocycles. The molecule has 1 aliphatic rings. The summed E-state index contributed by atoms with van der Waals surface area (Å²) in [5.74, 6) is -0.259. The third-order valence-corrected chi connectivity index (χ3v) is 3.09. The number of ketones is 1. The van der Waals surface area contributed by atoms with Crippen LogP contribution < -0.4 is 11.1 Å². The average Bonchev–Trinajstić information content (AvgIpc) is 2.67. The second-order valence-electron chi connectivity index (χ2n) is 4.39. The van der Waals surface area contributed by atoms with Gasteiger partial charge in [-0.15, -0.1) is 0 Å². The van der Waals surface area contributed by atoms with Gasteiger partial charge >= 0.3 is 0 Å². The van der Waals surface area contributed by atoms with E-state index in [1.165, 1.54) is 6.92 Å². The normalized spacial score (nSPS) is 17.6. The summed E-state index contributed by atoms with van der Waals surface area (Å²) >= 11 is 0. The highest BCUT2D eigenvalue weighted by Crippen LogP contribution is 2.29. The summed E-state index contributed by atoms with van der Waals surface area (Å²) in [6.45, 7) is 1.45. The van der Waals surface area contributed by atoms with Crippen LogP contribution in [0, 0.1) is 0 Å². The van der Waals surface area contributed by atoms with Gasteiger partial charge in [-0.3, -0.25) is 9.59 Å². The van der Waals surface area contributed by atoms with Crippen LogP contribution in [-0.4, -0.2) is 18.2 Å². The molecule has 17 heavy (non-hydrogen) atoms. The molecule has 1 aliphatic carbocycles. The van der Waals surface area contributed by atoms with Crippen LogP contribution >= 0.6 is 0 Å². The molecule has 0 heterocycles. The number of hydrogen-bond donors (Lipinski definition) is 2. The molecule has 0 radical (unpaired) electrons. The number of nitrogens with two attached hydrogens (primary N) is 1. The van der Waals surface area contributed by atoms with E-state index in [1.54, 1.807) is 6.07 Å². The molecular weight excluding hydrogens is 216 g/mol. The first kappa shape index (κ1) is 11.8. The number of aryl methyl sites for hydroxylation is 1. The Bertz CT molecular complexity index is 468. The highest BCUT2D eigenvalue weighted by molar-refractivity contribution is 5.99. The molecule has 1 aromatic carbocycles. The predicted molar refractivity (Wildman–Crippen MR) is 64.7 cm³/mol. The summed E-state index contributed by atoms with van der Waals surface area (Å²) in [6.07, 6.45) is 1.87. The standard InChI is InChI=1S/C13H16N2O2/c1-8(16)15-7-13(17)10-2-4-11-9(6-10)3-5-12(11)14/h2,4,6,12H,3,5,7,14H2,1H3,(H,15,16). The topological polar surface area (TPSA) is 72.2 Å². The second kappa shape index (κ2) is 4.67. The van der Waals surface area contributed by atoms with E-state index in [0.717, 1.165) is 24.0 Å². The van der Waals surface area contributed by atoms with Crippen molar-refractivity contribution in [1.82, 2.24) is 5.32 Å². The summed E-state index contributed by atoms with van der Waals surface area (Å²) in [5.41, 5.74) is 8.87. The minimum Gasteiger partial charge on any atom is -0.349 e. The van der Waals surface area contributed by atoms with E-state index in [-0.39, 0.29) is 24.3 Å². The molecule has 3 N–H and O–H groups in total. The van der Waals surface area contributed by atoms with Gasteiger partial charge < -0.3 is 11.1 Å². The van der Waals surface area contributed by atoms with Crippen LogP contribution in [0.25, 0.3) is 0 Å². The maximum absolute atomic E-state index is 11.8. The molecule has 1 aromatic rings. The number of nitrogens with one attached hydrogen (secondary N) is 1. The van der Waals surface area contributed by atoms with Crippen molar-refractivity contribution in [1.29, 1.82) is 0 Å². The van der Waals surface area contributed by atoms with Gasteiger partial charge in [-0.2, -0.15) is 0 Å². The maximum Gasteiger partial charge on any atom is 0.217 e. The van der Waals surface area contributed by atoms with E-state index in [1.807, 2.05) is 12.1 Å². The molecule has 0 fully saturated rings. The van der Waals surface area contributed by atoms with Gasteiger partial charge in [0, 0.05) is 18.5 Å². The van der Waals surface area contributed by atoms with Crippen LogP contribution in [0.5, 0.6) is 0 Å². The summed E-state index contributed by atoms with van der Waals surface area (Å²) in [7, 11) is 0. The molecule has 0 aromatic heterocycles. The fourth-order valence-corrected chi connectivity index (χ4v) is 2.13. The third-order valence-electron chi connectivity index (χ3n) is 3.09. The largest absolute Gasteiger partial charge is 0.349 e. The maximum atomic E-state index is 11.8. The van der Waals surface area contributed by atoms with Gasteiger partial charge in [0.25, 0.3) is 0 Å². The lowest BCUT2D eigenvalue weighted by Gasteiger charge is -2.07. The molecular formula is C13H16N2O2. The lowest BCUT2D eigenvalue weighted by molar-refractivity contribution is -0.118. The van der Waals surface area contributed by atoms with Crippen molar-refractivity contribution < 1.29 is 9.59 Å². The monoisotopic (exact) mass is 232 g/mol. The fraction of sp³-hybridized carbons (Fsp3) is 0.385. The van der Waals surface area contributed by atoms with E-state index < -0.39 is 0 Å². The lowest BCUT2D eigenvalue weighted by Crippen LogP contribution is -2.27. The Hall–Kier alpha value is -1.68. The van der Waals surface area contributed by atoms with Crippen LogP contribution in [0.3, 0.4) is 0 Å². The van der Waals surface area contributed by atoms with Gasteiger partial charge in [-0.25, -0.2) is 0 Å². The van der Waals surface area contributed by atoms with E-state index in [2.05, 4.69) is 5.32 Å². The zero-order chi connectivity index (χ0) is 12.4. The molecule has 4 nitrogen and oxygen atoms in total. The van der Waals surface area contributed by atoms with Crippen molar-refractivity contribution in [3.05, 3.63) is 34.9 Å². The zero-order valence-electron chi connectivity index (χ0n) is 9.82. The Morgan fingerprint density at radius 1 is 1.47 bits per heavy atom. The SMILES string of the molecule is CC(=O)NCC(=O)c1ccc2c(c1)CCC2N. The van der Waals surface area contributed by atoms with Gasteiger partial charge in [0.05, 0.1) is 6.54 Å². The molecule has 1 amide bonds. The number of fused-ring (bicyclic) bond motifs is 1. The van der Waals surface area contributed by atoms with Crippen molar-refractivity contribution >= 4 is 11.7 Å². The van der Waals surface area contributed by atoms with Gasteiger partial charge in [-0.05, 0) is 30.0 Å². The number of Topliss-reactive ketones (excluding diaryl/α,β-unsaturated/α-hetero) is 1. The first-order valence-corrected chi connectivity index (χ1v) is 5.74. The Kier molecular flexibility index (Phi) is 3.24. The smallest absolute Gasteiger partial charge is 0.217 e. The average molecular weight is 232 g/mol.